The normalized spacial score (nSPS) is 13.0. The summed E-state index contributed by atoms with van der Waals surface area (Å²) in [7, 11) is 1.83. The minimum Gasteiger partial charge on any atom is -0.330 e. The van der Waals surface area contributed by atoms with E-state index < -0.39 is 0 Å². The molecule has 0 fully saturated rings. The Bertz CT molecular complexity index is 440. The molecule has 1 heterocycles. The van der Waals surface area contributed by atoms with E-state index in [1.54, 1.807) is 4.68 Å². The average molecular weight is 286 g/mol. The summed E-state index contributed by atoms with van der Waals surface area (Å²) in [4.78, 5) is 12.3. The van der Waals surface area contributed by atoms with Gasteiger partial charge in [-0.15, -0.1) is 0 Å². The van der Waals surface area contributed by atoms with E-state index in [0.717, 1.165) is 24.2 Å². The highest BCUT2D eigenvalue weighted by Crippen LogP contribution is 2.23. The molecule has 2 N–H and O–H groups in total. The molecule has 0 spiro atoms. The molecule has 1 rings (SSSR count). The van der Waals surface area contributed by atoms with Crippen molar-refractivity contribution in [3.8, 4) is 0 Å². The molecule has 0 aromatic carbocycles. The number of nitrogens with zero attached hydrogens (tertiary/aromatic N) is 2. The van der Waals surface area contributed by atoms with Gasteiger partial charge in [-0.05, 0) is 18.8 Å². The molecule has 0 saturated heterocycles. The summed E-state index contributed by atoms with van der Waals surface area (Å²) in [5.74, 6) is 0.533. The van der Waals surface area contributed by atoms with E-state index in [-0.39, 0.29) is 11.7 Å². The standard InChI is InChI=1S/C14H24ClN3O/c1-5-11-14(15)12(18(4)17-11)7-13(19)10(8-16)6-9(2)3/h9-10H,5-8,16H2,1-4H3. The number of aryl methyl sites for hydroxylation is 2. The van der Waals surface area contributed by atoms with Crippen molar-refractivity contribution in [2.24, 2.45) is 24.6 Å². The first-order chi connectivity index (χ1) is 8.90. The van der Waals surface area contributed by atoms with Gasteiger partial charge < -0.3 is 5.73 Å². The molecule has 1 atom stereocenters. The van der Waals surface area contributed by atoms with Crippen LogP contribution in [0.25, 0.3) is 0 Å². The molecule has 1 aromatic rings. The fourth-order valence-corrected chi connectivity index (χ4v) is 2.61. The maximum absolute atomic E-state index is 12.3. The summed E-state index contributed by atoms with van der Waals surface area (Å²) >= 11 is 6.26. The molecule has 4 nitrogen and oxygen atoms in total. The highest BCUT2D eigenvalue weighted by atomic mass is 35.5. The SMILES string of the molecule is CCc1nn(C)c(CC(=O)C(CN)CC(C)C)c1Cl. The van der Waals surface area contributed by atoms with Gasteiger partial charge in [0.1, 0.15) is 5.78 Å². The van der Waals surface area contributed by atoms with Crippen LogP contribution in [0.1, 0.15) is 38.6 Å². The zero-order valence-electron chi connectivity index (χ0n) is 12.2. The highest BCUT2D eigenvalue weighted by Gasteiger charge is 2.22. The number of ketones is 1. The van der Waals surface area contributed by atoms with Crippen molar-refractivity contribution in [2.45, 2.75) is 40.0 Å². The number of nitrogens with two attached hydrogens (primary N) is 1. The molecule has 0 aliphatic heterocycles. The summed E-state index contributed by atoms with van der Waals surface area (Å²) < 4.78 is 1.71. The maximum atomic E-state index is 12.3. The quantitative estimate of drug-likeness (QED) is 0.837. The van der Waals surface area contributed by atoms with Crippen LogP contribution in [-0.4, -0.2) is 22.1 Å². The lowest BCUT2D eigenvalue weighted by molar-refractivity contribution is -0.122. The number of rotatable bonds is 7. The zero-order valence-corrected chi connectivity index (χ0v) is 13.0. The second kappa shape index (κ2) is 7.06. The van der Waals surface area contributed by atoms with E-state index in [1.165, 1.54) is 0 Å². The molecule has 1 aromatic heterocycles. The molecule has 0 radical (unpaired) electrons. The van der Waals surface area contributed by atoms with Crippen LogP contribution in [0.15, 0.2) is 0 Å². The first-order valence-electron chi connectivity index (χ1n) is 6.83. The van der Waals surface area contributed by atoms with E-state index in [2.05, 4.69) is 18.9 Å². The minimum absolute atomic E-state index is 0.0870. The van der Waals surface area contributed by atoms with E-state index >= 15 is 0 Å². The Morgan fingerprint density at radius 2 is 2.11 bits per heavy atom. The fourth-order valence-electron chi connectivity index (χ4n) is 2.25. The number of carbonyl (C=O) groups is 1. The maximum Gasteiger partial charge on any atom is 0.143 e. The Kier molecular flexibility index (Phi) is 6.01. The van der Waals surface area contributed by atoms with Crippen molar-refractivity contribution >= 4 is 17.4 Å². The monoisotopic (exact) mass is 285 g/mol. The van der Waals surface area contributed by atoms with E-state index in [1.807, 2.05) is 14.0 Å². The Morgan fingerprint density at radius 1 is 1.47 bits per heavy atom. The molecular weight excluding hydrogens is 262 g/mol. The van der Waals surface area contributed by atoms with Gasteiger partial charge in [0.25, 0.3) is 0 Å². The smallest absolute Gasteiger partial charge is 0.143 e. The molecule has 0 amide bonds. The van der Waals surface area contributed by atoms with Gasteiger partial charge in [0.05, 0.1) is 22.8 Å². The van der Waals surface area contributed by atoms with Crippen LogP contribution in [0.2, 0.25) is 5.02 Å². The van der Waals surface area contributed by atoms with Crippen LogP contribution in [0, 0.1) is 11.8 Å². The Labute approximate surface area is 120 Å². The van der Waals surface area contributed by atoms with Crippen LogP contribution >= 0.6 is 11.6 Å². The van der Waals surface area contributed by atoms with Crippen molar-refractivity contribution in [1.29, 1.82) is 0 Å². The second-order valence-corrected chi connectivity index (χ2v) is 5.77. The van der Waals surface area contributed by atoms with Gasteiger partial charge in [0, 0.05) is 19.5 Å². The number of carbonyl (C=O) groups excluding carboxylic acids is 1. The van der Waals surface area contributed by atoms with E-state index in [4.69, 9.17) is 17.3 Å². The summed E-state index contributed by atoms with van der Waals surface area (Å²) in [5.41, 5.74) is 7.35. The van der Waals surface area contributed by atoms with Crippen LogP contribution in [0.4, 0.5) is 0 Å². The average Bonchev–Trinajstić information content (AvgIpc) is 2.62. The lowest BCUT2D eigenvalue weighted by Crippen LogP contribution is -2.27. The number of aromatic nitrogens is 2. The number of hydrogen-bond acceptors (Lipinski definition) is 3. The third kappa shape index (κ3) is 4.05. The van der Waals surface area contributed by atoms with Crippen molar-refractivity contribution in [3.05, 3.63) is 16.4 Å². The van der Waals surface area contributed by atoms with Crippen LogP contribution in [-0.2, 0) is 24.7 Å². The molecule has 0 aliphatic carbocycles. The largest absolute Gasteiger partial charge is 0.330 e. The Hall–Kier alpha value is -0.870. The number of Topliss-reactive ketones (excluding diaryl/α,β-unsaturated/α-hetero) is 1. The second-order valence-electron chi connectivity index (χ2n) is 5.39. The minimum atomic E-state index is -0.0870. The fraction of sp³-hybridized carbons (Fsp3) is 0.714. The molecule has 108 valence electrons. The number of halogens is 1. The molecule has 5 heteroatoms. The van der Waals surface area contributed by atoms with Gasteiger partial charge >= 0.3 is 0 Å². The Balaban J connectivity index is 2.84. The van der Waals surface area contributed by atoms with Crippen LogP contribution in [0.3, 0.4) is 0 Å². The molecule has 0 saturated carbocycles. The topological polar surface area (TPSA) is 60.9 Å². The van der Waals surface area contributed by atoms with Gasteiger partial charge in [-0.25, -0.2) is 0 Å². The van der Waals surface area contributed by atoms with Crippen LogP contribution < -0.4 is 5.73 Å². The third-order valence-corrected chi connectivity index (χ3v) is 3.78. The molecular formula is C14H24ClN3O. The summed E-state index contributed by atoms with van der Waals surface area (Å²) in [6, 6.07) is 0. The summed E-state index contributed by atoms with van der Waals surface area (Å²) in [6.07, 6.45) is 1.91. The molecule has 0 aliphatic rings. The lowest BCUT2D eigenvalue weighted by atomic mass is 9.91. The number of hydrogen-bond donors (Lipinski definition) is 1. The van der Waals surface area contributed by atoms with Crippen molar-refractivity contribution < 1.29 is 4.79 Å². The van der Waals surface area contributed by atoms with E-state index in [0.29, 0.717) is 23.9 Å². The van der Waals surface area contributed by atoms with Gasteiger partial charge in [0.2, 0.25) is 0 Å². The van der Waals surface area contributed by atoms with Crippen molar-refractivity contribution in [3.63, 3.8) is 0 Å². The predicted octanol–water partition coefficient (Wildman–Crippen LogP) is 2.37. The molecule has 0 bridgehead atoms. The first kappa shape index (κ1) is 16.2. The van der Waals surface area contributed by atoms with Gasteiger partial charge in [-0.2, -0.15) is 5.10 Å². The lowest BCUT2D eigenvalue weighted by Gasteiger charge is -2.15. The summed E-state index contributed by atoms with van der Waals surface area (Å²) in [5, 5.41) is 4.95. The van der Waals surface area contributed by atoms with Crippen molar-refractivity contribution in [1.82, 2.24) is 9.78 Å². The van der Waals surface area contributed by atoms with Gasteiger partial charge in [-0.1, -0.05) is 32.4 Å². The summed E-state index contributed by atoms with van der Waals surface area (Å²) in [6.45, 7) is 6.60. The van der Waals surface area contributed by atoms with Gasteiger partial charge in [0.15, 0.2) is 0 Å². The third-order valence-electron chi connectivity index (χ3n) is 3.34. The molecule has 1 unspecified atom stereocenters. The zero-order chi connectivity index (χ0) is 14.6. The van der Waals surface area contributed by atoms with Crippen LogP contribution in [0.5, 0.6) is 0 Å². The highest BCUT2D eigenvalue weighted by molar-refractivity contribution is 6.32. The Morgan fingerprint density at radius 3 is 2.53 bits per heavy atom. The molecule has 19 heavy (non-hydrogen) atoms. The predicted molar refractivity (Wildman–Crippen MR) is 78.3 cm³/mol. The van der Waals surface area contributed by atoms with Gasteiger partial charge in [-0.3, -0.25) is 9.48 Å². The van der Waals surface area contributed by atoms with Crippen molar-refractivity contribution in [2.75, 3.05) is 6.54 Å². The first-order valence-corrected chi connectivity index (χ1v) is 7.21. The van der Waals surface area contributed by atoms with E-state index in [9.17, 15) is 4.79 Å².